The quantitative estimate of drug-likeness (QED) is 0.854. The third-order valence-electron chi connectivity index (χ3n) is 3.90. The molecule has 2 aromatic rings. The van der Waals surface area contributed by atoms with Crippen molar-refractivity contribution in [1.82, 2.24) is 5.32 Å². The Bertz CT molecular complexity index is 690. The average molecular weight is 333 g/mol. The summed E-state index contributed by atoms with van der Waals surface area (Å²) < 4.78 is 10.2. The standard InChI is InChI=1S/C17H19NO4S/c1-11-4-5-14-12(7-11)8-15(23-14)17(20)22-10-16(19)18-9-13-3-2-6-21-13/h2-3,6,8,11H,4-5,7,9-10H2,1H3,(H,18,19). The van der Waals surface area contributed by atoms with Crippen LogP contribution in [0.5, 0.6) is 0 Å². The fourth-order valence-corrected chi connectivity index (χ4v) is 3.76. The van der Waals surface area contributed by atoms with Gasteiger partial charge in [-0.2, -0.15) is 0 Å². The number of furan rings is 1. The molecular formula is C17H19NO4S. The summed E-state index contributed by atoms with van der Waals surface area (Å²) in [4.78, 5) is 25.6. The Morgan fingerprint density at radius 3 is 3.13 bits per heavy atom. The average Bonchev–Trinajstić information content (AvgIpc) is 3.19. The number of rotatable bonds is 5. The highest BCUT2D eigenvalue weighted by Crippen LogP contribution is 2.32. The van der Waals surface area contributed by atoms with Gasteiger partial charge >= 0.3 is 5.97 Å². The number of fused-ring (bicyclic) bond motifs is 1. The minimum absolute atomic E-state index is 0.279. The van der Waals surface area contributed by atoms with E-state index in [1.54, 1.807) is 18.4 Å². The molecule has 2 heterocycles. The molecule has 0 fully saturated rings. The molecule has 0 aliphatic heterocycles. The van der Waals surface area contributed by atoms with E-state index in [1.165, 1.54) is 21.8 Å². The number of carbonyl (C=O) groups is 2. The van der Waals surface area contributed by atoms with E-state index >= 15 is 0 Å². The smallest absolute Gasteiger partial charge is 0.348 e. The fraction of sp³-hybridized carbons (Fsp3) is 0.412. The van der Waals surface area contributed by atoms with Crippen LogP contribution in [0.15, 0.2) is 28.9 Å². The van der Waals surface area contributed by atoms with Crippen molar-refractivity contribution in [2.45, 2.75) is 32.7 Å². The molecule has 1 aliphatic carbocycles. The van der Waals surface area contributed by atoms with Crippen molar-refractivity contribution in [1.29, 1.82) is 0 Å². The van der Waals surface area contributed by atoms with E-state index in [4.69, 9.17) is 9.15 Å². The van der Waals surface area contributed by atoms with Gasteiger partial charge in [-0.15, -0.1) is 11.3 Å². The monoisotopic (exact) mass is 333 g/mol. The summed E-state index contributed by atoms with van der Waals surface area (Å²) >= 11 is 1.49. The normalized spacial score (nSPS) is 16.7. The zero-order chi connectivity index (χ0) is 16.2. The molecule has 1 atom stereocenters. The van der Waals surface area contributed by atoms with Crippen LogP contribution in [0.3, 0.4) is 0 Å². The lowest BCUT2D eigenvalue weighted by atomic mass is 9.90. The van der Waals surface area contributed by atoms with Crippen LogP contribution >= 0.6 is 11.3 Å². The number of ether oxygens (including phenoxy) is 1. The predicted molar refractivity (Wildman–Crippen MR) is 86.3 cm³/mol. The molecule has 0 saturated carbocycles. The van der Waals surface area contributed by atoms with Crippen LogP contribution < -0.4 is 5.32 Å². The van der Waals surface area contributed by atoms with Crippen LogP contribution in [0.1, 0.15) is 39.2 Å². The van der Waals surface area contributed by atoms with Gasteiger partial charge in [0.25, 0.3) is 5.91 Å². The van der Waals surface area contributed by atoms with Gasteiger partial charge in [0, 0.05) is 4.88 Å². The van der Waals surface area contributed by atoms with E-state index in [1.807, 2.05) is 6.07 Å². The molecule has 1 amide bonds. The Labute approximate surface area is 138 Å². The second kappa shape index (κ2) is 7.00. The Kier molecular flexibility index (Phi) is 4.81. The number of carbonyl (C=O) groups excluding carboxylic acids is 2. The summed E-state index contributed by atoms with van der Waals surface area (Å²) in [5.41, 5.74) is 1.25. The van der Waals surface area contributed by atoms with E-state index in [-0.39, 0.29) is 19.1 Å². The number of aryl methyl sites for hydroxylation is 1. The van der Waals surface area contributed by atoms with Crippen molar-refractivity contribution in [3.63, 3.8) is 0 Å². The lowest BCUT2D eigenvalue weighted by Crippen LogP contribution is -2.28. The molecule has 0 bridgehead atoms. The zero-order valence-electron chi connectivity index (χ0n) is 13.0. The molecule has 1 N–H and O–H groups in total. The van der Waals surface area contributed by atoms with Gasteiger partial charge in [0.15, 0.2) is 6.61 Å². The van der Waals surface area contributed by atoms with Crippen molar-refractivity contribution in [2.24, 2.45) is 5.92 Å². The van der Waals surface area contributed by atoms with Gasteiger partial charge in [-0.1, -0.05) is 6.92 Å². The second-order valence-corrected chi connectivity index (χ2v) is 6.98. The molecule has 23 heavy (non-hydrogen) atoms. The third kappa shape index (κ3) is 4.01. The Morgan fingerprint density at radius 1 is 1.48 bits per heavy atom. The molecule has 1 unspecified atom stereocenters. The zero-order valence-corrected chi connectivity index (χ0v) is 13.8. The number of hydrogen-bond acceptors (Lipinski definition) is 5. The summed E-state index contributed by atoms with van der Waals surface area (Å²) in [7, 11) is 0. The van der Waals surface area contributed by atoms with Crippen molar-refractivity contribution in [2.75, 3.05) is 6.61 Å². The summed E-state index contributed by atoms with van der Waals surface area (Å²) in [6.45, 7) is 2.23. The molecule has 0 spiro atoms. The molecule has 122 valence electrons. The van der Waals surface area contributed by atoms with Gasteiger partial charge in [0.2, 0.25) is 0 Å². The van der Waals surface area contributed by atoms with Crippen LogP contribution in [0, 0.1) is 5.92 Å². The van der Waals surface area contributed by atoms with Crippen LogP contribution in [-0.2, 0) is 28.9 Å². The molecule has 3 rings (SSSR count). The molecular weight excluding hydrogens is 314 g/mol. The summed E-state index contributed by atoms with van der Waals surface area (Å²) in [6.07, 6.45) is 4.75. The number of nitrogens with one attached hydrogen (secondary N) is 1. The first kappa shape index (κ1) is 15.8. The van der Waals surface area contributed by atoms with E-state index < -0.39 is 5.97 Å². The maximum atomic E-state index is 12.1. The third-order valence-corrected chi connectivity index (χ3v) is 5.12. The summed E-state index contributed by atoms with van der Waals surface area (Å²) in [5, 5.41) is 2.64. The van der Waals surface area contributed by atoms with Gasteiger partial charge in [-0.05, 0) is 48.9 Å². The molecule has 2 aromatic heterocycles. The van der Waals surface area contributed by atoms with Crippen LogP contribution in [0.4, 0.5) is 0 Å². The fourth-order valence-electron chi connectivity index (χ4n) is 2.66. The maximum absolute atomic E-state index is 12.1. The van der Waals surface area contributed by atoms with Crippen molar-refractivity contribution in [3.8, 4) is 0 Å². The van der Waals surface area contributed by atoms with E-state index in [0.29, 0.717) is 16.6 Å². The topological polar surface area (TPSA) is 68.5 Å². The summed E-state index contributed by atoms with van der Waals surface area (Å²) in [6, 6.07) is 5.43. The summed E-state index contributed by atoms with van der Waals surface area (Å²) in [5.74, 6) is 0.549. The Morgan fingerprint density at radius 2 is 2.35 bits per heavy atom. The molecule has 0 saturated heterocycles. The highest BCUT2D eigenvalue weighted by atomic mass is 32.1. The SMILES string of the molecule is CC1CCc2sc(C(=O)OCC(=O)NCc3ccco3)cc2C1. The minimum atomic E-state index is -0.426. The number of amides is 1. The first-order valence-electron chi connectivity index (χ1n) is 7.69. The lowest BCUT2D eigenvalue weighted by molar-refractivity contribution is -0.124. The predicted octanol–water partition coefficient (Wildman–Crippen LogP) is 2.94. The van der Waals surface area contributed by atoms with E-state index in [9.17, 15) is 9.59 Å². The number of hydrogen-bond donors (Lipinski definition) is 1. The minimum Gasteiger partial charge on any atom is -0.467 e. The molecule has 0 radical (unpaired) electrons. The number of esters is 1. The highest BCUT2D eigenvalue weighted by Gasteiger charge is 2.21. The van der Waals surface area contributed by atoms with Crippen LogP contribution in [0.25, 0.3) is 0 Å². The number of thiophene rings is 1. The van der Waals surface area contributed by atoms with Crippen LogP contribution in [0.2, 0.25) is 0 Å². The van der Waals surface area contributed by atoms with E-state index in [0.717, 1.165) is 19.3 Å². The lowest BCUT2D eigenvalue weighted by Gasteiger charge is -2.16. The molecule has 6 heteroatoms. The first-order valence-corrected chi connectivity index (χ1v) is 8.51. The van der Waals surface area contributed by atoms with Crippen LogP contribution in [-0.4, -0.2) is 18.5 Å². The Balaban J connectivity index is 1.48. The van der Waals surface area contributed by atoms with Gasteiger partial charge in [-0.3, -0.25) is 4.79 Å². The Hall–Kier alpha value is -2.08. The largest absolute Gasteiger partial charge is 0.467 e. The highest BCUT2D eigenvalue weighted by molar-refractivity contribution is 7.14. The van der Waals surface area contributed by atoms with E-state index in [2.05, 4.69) is 12.2 Å². The van der Waals surface area contributed by atoms with Crippen molar-refractivity contribution in [3.05, 3.63) is 45.5 Å². The van der Waals surface area contributed by atoms with Crippen molar-refractivity contribution < 1.29 is 18.7 Å². The van der Waals surface area contributed by atoms with Gasteiger partial charge in [0.1, 0.15) is 10.6 Å². The maximum Gasteiger partial charge on any atom is 0.348 e. The van der Waals surface area contributed by atoms with Gasteiger partial charge in [0.05, 0.1) is 12.8 Å². The second-order valence-electron chi connectivity index (χ2n) is 5.84. The van der Waals surface area contributed by atoms with Gasteiger partial charge in [-0.25, -0.2) is 4.79 Å². The molecule has 1 aliphatic rings. The van der Waals surface area contributed by atoms with Crippen molar-refractivity contribution >= 4 is 23.2 Å². The van der Waals surface area contributed by atoms with Gasteiger partial charge < -0.3 is 14.5 Å². The first-order chi connectivity index (χ1) is 11.1. The molecule has 0 aromatic carbocycles. The molecule has 5 nitrogen and oxygen atoms in total.